The molecule has 0 saturated heterocycles. The van der Waals surface area contributed by atoms with Crippen LogP contribution in [0.4, 0.5) is 0 Å². The number of unbranched alkanes of at least 4 members (excludes halogenated alkanes) is 4. The molecule has 1 aromatic heterocycles. The van der Waals surface area contributed by atoms with Gasteiger partial charge < -0.3 is 14.2 Å². The Labute approximate surface area is 244 Å². The number of nitrogens with zero attached hydrogens (tertiary/aromatic N) is 3. The first kappa shape index (κ1) is 29.6. The van der Waals surface area contributed by atoms with Crippen molar-refractivity contribution in [1.29, 1.82) is 0 Å². The van der Waals surface area contributed by atoms with Crippen LogP contribution in [0.15, 0.2) is 42.5 Å². The van der Waals surface area contributed by atoms with Gasteiger partial charge in [-0.1, -0.05) is 50.8 Å². The Hall–Kier alpha value is -2.88. The standard InChI is InChI=1S/C32H44N4O4S/c1-4-5-6-7-8-12-27-26-16-15-24-21-29(26)36-22-25(23-40-30-14-10-9-13-28(30)31(27)36)35(3)19-18-34(2)17-11-20-41(38,39)33-32(24)37/h9-10,13-16,21,25H,4-8,11-12,17-20,22-23H2,1-3H3,(H,33,37)/t25-/m1/s1. The lowest BCUT2D eigenvalue weighted by atomic mass is 9.98. The number of hydrogen-bond acceptors (Lipinski definition) is 6. The number of fused-ring (bicyclic) bond motifs is 4. The zero-order valence-corrected chi connectivity index (χ0v) is 25.5. The van der Waals surface area contributed by atoms with E-state index in [1.807, 2.05) is 31.3 Å². The SMILES string of the molecule is CCCCCCCc1c2n3c4cc(ccc14)C(=O)NS(=O)(=O)CCCN(C)CCN(C)[C@@H](COc1ccccc1-2)C3. The number of benzene rings is 2. The number of likely N-dealkylation sites (N-methyl/N-ethyl adjacent to an activating group) is 2. The van der Waals surface area contributed by atoms with Crippen LogP contribution in [0.1, 0.15) is 61.4 Å². The van der Waals surface area contributed by atoms with Crippen LogP contribution < -0.4 is 9.46 Å². The van der Waals surface area contributed by atoms with E-state index in [9.17, 15) is 13.2 Å². The van der Waals surface area contributed by atoms with Crippen molar-refractivity contribution in [3.05, 3.63) is 53.6 Å². The molecule has 0 saturated carbocycles. The maximum Gasteiger partial charge on any atom is 0.264 e. The predicted molar refractivity (Wildman–Crippen MR) is 165 cm³/mol. The van der Waals surface area contributed by atoms with Crippen LogP contribution in [0.2, 0.25) is 0 Å². The minimum atomic E-state index is -3.74. The van der Waals surface area contributed by atoms with Crippen LogP contribution in [-0.2, 0) is 23.0 Å². The molecule has 0 spiro atoms. The highest BCUT2D eigenvalue weighted by atomic mass is 32.2. The minimum absolute atomic E-state index is 0.0862. The lowest BCUT2D eigenvalue weighted by Crippen LogP contribution is -2.44. The van der Waals surface area contributed by atoms with Crippen molar-refractivity contribution in [2.45, 2.75) is 64.5 Å². The lowest BCUT2D eigenvalue weighted by molar-refractivity contribution is 0.0981. The number of amides is 1. The summed E-state index contributed by atoms with van der Waals surface area (Å²) in [5.41, 5.74) is 4.81. The first-order chi connectivity index (χ1) is 19.8. The minimum Gasteiger partial charge on any atom is -0.491 e. The average molecular weight is 581 g/mol. The highest BCUT2D eigenvalue weighted by Crippen LogP contribution is 2.41. The van der Waals surface area contributed by atoms with Gasteiger partial charge in [-0.3, -0.25) is 9.69 Å². The summed E-state index contributed by atoms with van der Waals surface area (Å²) in [5.74, 6) is 0.210. The smallest absolute Gasteiger partial charge is 0.264 e. The molecule has 222 valence electrons. The second-order valence-electron chi connectivity index (χ2n) is 11.7. The molecule has 2 aromatic carbocycles. The van der Waals surface area contributed by atoms with Crippen LogP contribution in [0.5, 0.6) is 5.75 Å². The third-order valence-corrected chi connectivity index (χ3v) is 9.91. The molecule has 1 N–H and O–H groups in total. The number of hydrogen-bond donors (Lipinski definition) is 1. The second-order valence-corrected chi connectivity index (χ2v) is 13.5. The number of aryl methyl sites for hydroxylation is 1. The van der Waals surface area contributed by atoms with Gasteiger partial charge in [0.25, 0.3) is 5.91 Å². The van der Waals surface area contributed by atoms with Crippen molar-refractivity contribution in [3.8, 4) is 17.0 Å². The van der Waals surface area contributed by atoms with Crippen molar-refractivity contribution < 1.29 is 17.9 Å². The summed E-state index contributed by atoms with van der Waals surface area (Å²) >= 11 is 0. The third-order valence-electron chi connectivity index (χ3n) is 8.59. The van der Waals surface area contributed by atoms with Crippen molar-refractivity contribution >= 4 is 26.8 Å². The quantitative estimate of drug-likeness (QED) is 0.417. The summed E-state index contributed by atoms with van der Waals surface area (Å²) in [4.78, 5) is 17.7. The second kappa shape index (κ2) is 13.0. The number of aromatic nitrogens is 1. The van der Waals surface area contributed by atoms with E-state index in [1.54, 1.807) is 6.07 Å². The lowest BCUT2D eigenvalue weighted by Gasteiger charge is -2.33. The van der Waals surface area contributed by atoms with E-state index in [0.717, 1.165) is 53.8 Å². The number of nitrogens with one attached hydrogen (secondary N) is 1. The predicted octanol–water partition coefficient (Wildman–Crippen LogP) is 4.91. The number of ether oxygens (including phenoxy) is 1. The Morgan fingerprint density at radius 1 is 1.00 bits per heavy atom. The number of sulfonamides is 1. The van der Waals surface area contributed by atoms with Gasteiger partial charge in [-0.05, 0) is 69.7 Å². The van der Waals surface area contributed by atoms with Crippen molar-refractivity contribution in [2.75, 3.05) is 46.1 Å². The van der Waals surface area contributed by atoms with Crippen LogP contribution >= 0.6 is 0 Å². The molecule has 3 aromatic rings. The number of para-hydroxylation sites is 1. The van der Waals surface area contributed by atoms with E-state index in [2.05, 4.69) is 45.2 Å². The molecule has 2 aliphatic rings. The summed E-state index contributed by atoms with van der Waals surface area (Å²) in [7, 11) is 0.417. The summed E-state index contributed by atoms with van der Waals surface area (Å²) in [6.45, 7) is 5.77. The van der Waals surface area contributed by atoms with Gasteiger partial charge in [0.05, 0.1) is 17.5 Å². The Balaban J connectivity index is 1.66. The van der Waals surface area contributed by atoms with Gasteiger partial charge in [-0.15, -0.1) is 0 Å². The number of carbonyl (C=O) groups is 1. The first-order valence-electron chi connectivity index (χ1n) is 15.1. The molecule has 2 aliphatic heterocycles. The molecule has 0 aliphatic carbocycles. The van der Waals surface area contributed by atoms with E-state index in [0.29, 0.717) is 31.7 Å². The fourth-order valence-corrected chi connectivity index (χ4v) is 7.13. The molecule has 0 unspecified atom stereocenters. The zero-order chi connectivity index (χ0) is 29.0. The van der Waals surface area contributed by atoms with Crippen LogP contribution in [0, 0.1) is 0 Å². The Kier molecular flexibility index (Phi) is 9.36. The molecule has 5 rings (SSSR count). The molecule has 9 heteroatoms. The molecule has 0 fully saturated rings. The molecule has 1 atom stereocenters. The van der Waals surface area contributed by atoms with Gasteiger partial charge in [0, 0.05) is 41.7 Å². The van der Waals surface area contributed by atoms with Crippen molar-refractivity contribution in [2.24, 2.45) is 0 Å². The van der Waals surface area contributed by atoms with Gasteiger partial charge in [-0.2, -0.15) is 0 Å². The van der Waals surface area contributed by atoms with E-state index in [-0.39, 0.29) is 11.8 Å². The number of carbonyl (C=O) groups excluding carboxylic acids is 1. The van der Waals surface area contributed by atoms with E-state index < -0.39 is 15.9 Å². The molecule has 1 amide bonds. The van der Waals surface area contributed by atoms with Gasteiger partial charge >= 0.3 is 0 Å². The Morgan fingerprint density at radius 2 is 1.80 bits per heavy atom. The number of rotatable bonds is 6. The maximum atomic E-state index is 13.2. The molecule has 4 bridgehead atoms. The molecule has 3 heterocycles. The summed E-state index contributed by atoms with van der Waals surface area (Å²) < 4.78 is 36.7. The zero-order valence-electron chi connectivity index (χ0n) is 24.7. The summed E-state index contributed by atoms with van der Waals surface area (Å²) in [6, 6.07) is 14.0. The summed E-state index contributed by atoms with van der Waals surface area (Å²) in [6.07, 6.45) is 7.34. The van der Waals surface area contributed by atoms with Gasteiger partial charge in [-0.25, -0.2) is 13.1 Å². The van der Waals surface area contributed by atoms with E-state index >= 15 is 0 Å². The van der Waals surface area contributed by atoms with Gasteiger partial charge in [0.2, 0.25) is 10.0 Å². The largest absolute Gasteiger partial charge is 0.491 e. The molecular weight excluding hydrogens is 536 g/mol. The van der Waals surface area contributed by atoms with Gasteiger partial charge in [0.15, 0.2) is 0 Å². The van der Waals surface area contributed by atoms with E-state index in [1.165, 1.54) is 31.2 Å². The van der Waals surface area contributed by atoms with Crippen LogP contribution in [0.3, 0.4) is 0 Å². The van der Waals surface area contributed by atoms with Crippen LogP contribution in [0.25, 0.3) is 22.2 Å². The van der Waals surface area contributed by atoms with Crippen molar-refractivity contribution in [3.63, 3.8) is 0 Å². The fraction of sp³-hybridized carbons (Fsp3) is 0.531. The Bertz CT molecular complexity index is 1480. The average Bonchev–Trinajstić information content (AvgIpc) is 3.23. The topological polar surface area (TPSA) is 83.9 Å². The maximum absolute atomic E-state index is 13.2. The van der Waals surface area contributed by atoms with Gasteiger partial charge in [0.1, 0.15) is 12.4 Å². The molecule has 41 heavy (non-hydrogen) atoms. The fourth-order valence-electron chi connectivity index (χ4n) is 6.12. The first-order valence-corrected chi connectivity index (χ1v) is 16.7. The molecule has 8 nitrogen and oxygen atoms in total. The molecule has 0 radical (unpaired) electrons. The highest BCUT2D eigenvalue weighted by molar-refractivity contribution is 7.90. The Morgan fingerprint density at radius 3 is 2.63 bits per heavy atom. The van der Waals surface area contributed by atoms with Crippen LogP contribution in [-0.4, -0.2) is 80.8 Å². The molecular formula is C32H44N4O4S. The highest BCUT2D eigenvalue weighted by Gasteiger charge is 2.28. The van der Waals surface area contributed by atoms with E-state index in [4.69, 9.17) is 4.74 Å². The third kappa shape index (κ3) is 6.79. The monoisotopic (exact) mass is 580 g/mol. The normalized spacial score (nSPS) is 20.4. The summed E-state index contributed by atoms with van der Waals surface area (Å²) in [5, 5.41) is 1.12. The van der Waals surface area contributed by atoms with Crippen molar-refractivity contribution in [1.82, 2.24) is 19.1 Å².